The normalized spacial score (nSPS) is 11.6. The Balaban J connectivity index is 0.000000445. The summed E-state index contributed by atoms with van der Waals surface area (Å²) in [5, 5.41) is 17.6. The zero-order valence-electron chi connectivity index (χ0n) is 15.3. The van der Waals surface area contributed by atoms with Crippen molar-refractivity contribution < 1.29 is 37.7 Å². The first-order chi connectivity index (χ1) is 12.2. The van der Waals surface area contributed by atoms with Crippen molar-refractivity contribution in [2.75, 3.05) is 14.2 Å². The van der Waals surface area contributed by atoms with E-state index in [0.717, 1.165) is 0 Å². The number of carboxylic acid groups (broad SMARTS) is 1. The number of methoxy groups -OCH3 is 2. The minimum Gasteiger partial charge on any atom is -0.503 e. The third kappa shape index (κ3) is 5.05. The summed E-state index contributed by atoms with van der Waals surface area (Å²) in [6.45, 7) is 5.76. The second kappa shape index (κ2) is 7.77. The molecule has 0 aliphatic carbocycles. The van der Waals surface area contributed by atoms with Gasteiger partial charge in [-0.05, 0) is 6.07 Å². The highest BCUT2D eigenvalue weighted by molar-refractivity contribution is 5.84. The molecule has 1 heterocycles. The molecule has 0 aliphatic rings. The Hall–Kier alpha value is -2.91. The van der Waals surface area contributed by atoms with Gasteiger partial charge in [-0.1, -0.05) is 20.8 Å². The molecule has 0 unspecified atom stereocenters. The molecule has 27 heavy (non-hydrogen) atoms. The Morgan fingerprint density at radius 3 is 1.89 bits per heavy atom. The van der Waals surface area contributed by atoms with Crippen LogP contribution in [0.1, 0.15) is 26.5 Å². The Morgan fingerprint density at radius 2 is 1.52 bits per heavy atom. The van der Waals surface area contributed by atoms with Crippen LogP contribution in [0.2, 0.25) is 0 Å². The average molecular weight is 391 g/mol. The fraction of sp³-hybridized carbons (Fsp3) is 0.412. The van der Waals surface area contributed by atoms with E-state index in [1.54, 1.807) is 12.1 Å². The highest BCUT2D eigenvalue weighted by Gasteiger charge is 2.38. The van der Waals surface area contributed by atoms with Crippen molar-refractivity contribution in [1.82, 2.24) is 4.98 Å². The first-order valence-corrected chi connectivity index (χ1v) is 7.55. The number of benzene rings is 1. The summed E-state index contributed by atoms with van der Waals surface area (Å²) in [6.07, 6.45) is -5.08. The lowest BCUT2D eigenvalue weighted by Crippen LogP contribution is -2.21. The number of rotatable bonds is 2. The quantitative estimate of drug-likeness (QED) is 0.726. The standard InChI is InChI=1S/C15H19NO4.C2HF3O2/c1-15(2,3)14-13(18)12(17)8-6-10(19-4)11(20-5)7-9(8)16-14;3-2(4,5)1(6)7/h6-7,18H,1-5H3,(H,16,17);(H,6,7). The number of aliphatic carboxylic acids is 1. The van der Waals surface area contributed by atoms with Crippen molar-refractivity contribution in [1.29, 1.82) is 0 Å². The Bertz CT molecular complexity index is 897. The molecule has 0 radical (unpaired) electrons. The van der Waals surface area contributed by atoms with Gasteiger partial charge in [-0.2, -0.15) is 13.2 Å². The molecule has 150 valence electrons. The molecule has 2 rings (SSSR count). The van der Waals surface area contributed by atoms with Crippen LogP contribution in [-0.4, -0.2) is 41.6 Å². The van der Waals surface area contributed by atoms with Gasteiger partial charge in [-0.3, -0.25) is 4.79 Å². The first kappa shape index (κ1) is 22.1. The van der Waals surface area contributed by atoms with Crippen LogP contribution in [0.25, 0.3) is 10.9 Å². The van der Waals surface area contributed by atoms with Crippen molar-refractivity contribution in [3.05, 3.63) is 28.0 Å². The number of alkyl halides is 3. The van der Waals surface area contributed by atoms with Gasteiger partial charge in [-0.25, -0.2) is 4.79 Å². The second-order valence-corrected chi connectivity index (χ2v) is 6.48. The van der Waals surface area contributed by atoms with Crippen LogP contribution < -0.4 is 14.9 Å². The fourth-order valence-electron chi connectivity index (χ4n) is 2.15. The Morgan fingerprint density at radius 1 is 1.07 bits per heavy atom. The zero-order valence-corrected chi connectivity index (χ0v) is 15.3. The molecule has 10 heteroatoms. The van der Waals surface area contributed by atoms with Crippen molar-refractivity contribution in [3.63, 3.8) is 0 Å². The lowest BCUT2D eigenvalue weighted by Gasteiger charge is -2.20. The number of hydrogen-bond donors (Lipinski definition) is 3. The van der Waals surface area contributed by atoms with Gasteiger partial charge in [0, 0.05) is 11.5 Å². The van der Waals surface area contributed by atoms with E-state index in [4.69, 9.17) is 19.4 Å². The van der Waals surface area contributed by atoms with Crippen LogP contribution in [0.5, 0.6) is 17.2 Å². The van der Waals surface area contributed by atoms with E-state index in [2.05, 4.69) is 4.98 Å². The topological polar surface area (TPSA) is 109 Å². The number of fused-ring (bicyclic) bond motifs is 1. The van der Waals surface area contributed by atoms with Crippen molar-refractivity contribution >= 4 is 16.9 Å². The molecule has 0 fully saturated rings. The molecular weight excluding hydrogens is 371 g/mol. The van der Waals surface area contributed by atoms with Gasteiger partial charge in [0.05, 0.1) is 30.8 Å². The molecule has 3 N–H and O–H groups in total. The number of aromatic amines is 1. The summed E-state index contributed by atoms with van der Waals surface area (Å²) >= 11 is 0. The number of hydrogen-bond acceptors (Lipinski definition) is 5. The highest BCUT2D eigenvalue weighted by Crippen LogP contribution is 2.33. The number of aromatic nitrogens is 1. The molecule has 0 bridgehead atoms. The minimum atomic E-state index is -5.08. The van der Waals surface area contributed by atoms with Gasteiger partial charge >= 0.3 is 12.1 Å². The smallest absolute Gasteiger partial charge is 0.490 e. The van der Waals surface area contributed by atoms with Crippen LogP contribution in [0.3, 0.4) is 0 Å². The summed E-state index contributed by atoms with van der Waals surface area (Å²) in [5.41, 5.74) is 0.326. The van der Waals surface area contributed by atoms with Gasteiger partial charge in [-0.15, -0.1) is 0 Å². The number of nitrogens with one attached hydrogen (secondary N) is 1. The Kier molecular flexibility index (Phi) is 6.37. The number of carboxylic acids is 1. The van der Waals surface area contributed by atoms with E-state index in [0.29, 0.717) is 28.1 Å². The minimum absolute atomic E-state index is 0.253. The zero-order chi connectivity index (χ0) is 21.2. The third-order valence-electron chi connectivity index (χ3n) is 3.47. The van der Waals surface area contributed by atoms with Gasteiger partial charge in [0.25, 0.3) is 0 Å². The predicted molar refractivity (Wildman–Crippen MR) is 91.7 cm³/mol. The second-order valence-electron chi connectivity index (χ2n) is 6.48. The molecule has 7 nitrogen and oxygen atoms in total. The molecule has 0 atom stereocenters. The molecule has 0 amide bonds. The van der Waals surface area contributed by atoms with Gasteiger partial charge in [0.15, 0.2) is 17.2 Å². The number of halogens is 3. The molecule has 1 aromatic carbocycles. The number of carbonyl (C=O) groups is 1. The molecule has 2 aromatic rings. The van der Waals surface area contributed by atoms with E-state index in [-0.39, 0.29) is 11.2 Å². The van der Waals surface area contributed by atoms with Crippen LogP contribution in [0.4, 0.5) is 13.2 Å². The van der Waals surface area contributed by atoms with Gasteiger partial charge < -0.3 is 24.7 Å². The van der Waals surface area contributed by atoms with E-state index in [1.807, 2.05) is 20.8 Å². The van der Waals surface area contributed by atoms with Gasteiger partial charge in [0.1, 0.15) is 0 Å². The summed E-state index contributed by atoms with van der Waals surface area (Å²) in [5.74, 6) is -2.03. The summed E-state index contributed by atoms with van der Waals surface area (Å²) in [7, 11) is 3.04. The first-order valence-electron chi connectivity index (χ1n) is 7.55. The van der Waals surface area contributed by atoms with E-state index in [9.17, 15) is 23.1 Å². The largest absolute Gasteiger partial charge is 0.503 e. The van der Waals surface area contributed by atoms with Crippen LogP contribution in [0, 0.1) is 0 Å². The third-order valence-corrected chi connectivity index (χ3v) is 3.47. The van der Waals surface area contributed by atoms with Crippen molar-refractivity contribution in [2.24, 2.45) is 0 Å². The maximum absolute atomic E-state index is 12.3. The maximum Gasteiger partial charge on any atom is 0.490 e. The predicted octanol–water partition coefficient (Wildman–Crippen LogP) is 3.18. The van der Waals surface area contributed by atoms with Crippen LogP contribution >= 0.6 is 0 Å². The van der Waals surface area contributed by atoms with Crippen molar-refractivity contribution in [3.8, 4) is 17.2 Å². The van der Waals surface area contributed by atoms with Crippen LogP contribution in [-0.2, 0) is 10.2 Å². The highest BCUT2D eigenvalue weighted by atomic mass is 19.4. The summed E-state index contributed by atoms with van der Waals surface area (Å²) in [6, 6.07) is 3.27. The van der Waals surface area contributed by atoms with E-state index in [1.165, 1.54) is 14.2 Å². The maximum atomic E-state index is 12.3. The number of pyridine rings is 1. The lowest BCUT2D eigenvalue weighted by molar-refractivity contribution is -0.192. The van der Waals surface area contributed by atoms with Gasteiger partial charge in [0.2, 0.25) is 5.43 Å². The SMILES string of the molecule is COc1cc2[nH]c(C(C)(C)C)c(O)c(=O)c2cc1OC.O=C(O)C(F)(F)F. The molecule has 0 saturated heterocycles. The number of aromatic hydroxyl groups is 1. The molecule has 0 saturated carbocycles. The van der Waals surface area contributed by atoms with Crippen LogP contribution in [0.15, 0.2) is 16.9 Å². The molecule has 0 aliphatic heterocycles. The van der Waals surface area contributed by atoms with E-state index < -0.39 is 17.6 Å². The summed E-state index contributed by atoms with van der Waals surface area (Å²) in [4.78, 5) is 24.3. The number of ether oxygens (including phenoxy) is 2. The Labute approximate surface area is 152 Å². The summed E-state index contributed by atoms with van der Waals surface area (Å²) < 4.78 is 42.1. The van der Waals surface area contributed by atoms with E-state index >= 15 is 0 Å². The monoisotopic (exact) mass is 391 g/mol. The average Bonchev–Trinajstić information content (AvgIpc) is 2.55. The fourth-order valence-corrected chi connectivity index (χ4v) is 2.15. The molecule has 1 aromatic heterocycles. The lowest BCUT2D eigenvalue weighted by atomic mass is 9.90. The molecular formula is C17H20F3NO6. The number of H-pyrrole nitrogens is 1. The van der Waals surface area contributed by atoms with Crippen molar-refractivity contribution in [2.45, 2.75) is 32.4 Å². The molecule has 0 spiro atoms.